The first-order valence-corrected chi connectivity index (χ1v) is 26.5. The van der Waals surface area contributed by atoms with E-state index in [-0.39, 0.29) is 23.3 Å². The molecule has 7 aliphatic rings. The molecule has 0 N–H and O–H groups in total. The summed E-state index contributed by atoms with van der Waals surface area (Å²) in [5.41, 5.74) is 24.4. The number of aromatic nitrogens is 1. The van der Waals surface area contributed by atoms with Crippen molar-refractivity contribution in [3.8, 4) is 28.7 Å². The van der Waals surface area contributed by atoms with E-state index in [1.807, 2.05) is 27.7 Å². The summed E-state index contributed by atoms with van der Waals surface area (Å²) < 4.78 is 2.53. The Morgan fingerprint density at radius 3 is 2.10 bits per heavy atom. The number of fused-ring (bicyclic) bond motifs is 17. The summed E-state index contributed by atoms with van der Waals surface area (Å²) in [5.74, 6) is 7.37. The molecule has 1 spiro atoms. The second kappa shape index (κ2) is 18.3. The van der Waals surface area contributed by atoms with E-state index in [0.717, 1.165) is 38.5 Å². The smallest absolute Gasteiger partial charge is 0.0782 e. The van der Waals surface area contributed by atoms with Gasteiger partial charge >= 0.3 is 0 Å². The second-order valence-electron chi connectivity index (χ2n) is 19.2. The lowest BCUT2D eigenvalue weighted by molar-refractivity contribution is 0.686. The lowest BCUT2D eigenvalue weighted by atomic mass is 9.66. The van der Waals surface area contributed by atoms with Crippen molar-refractivity contribution < 1.29 is 0 Å². The van der Waals surface area contributed by atoms with Crippen LogP contribution in [0, 0.1) is 17.8 Å². The van der Waals surface area contributed by atoms with Gasteiger partial charge < -0.3 is 9.47 Å². The Morgan fingerprint density at radius 1 is 0.690 bits per heavy atom. The van der Waals surface area contributed by atoms with E-state index in [4.69, 9.17) is 0 Å². The highest BCUT2D eigenvalue weighted by molar-refractivity contribution is 6.15. The minimum atomic E-state index is -0.364. The Hall–Kier alpha value is -7.60. The molecule has 2 heterocycles. The van der Waals surface area contributed by atoms with E-state index in [0.29, 0.717) is 0 Å². The van der Waals surface area contributed by atoms with Crippen molar-refractivity contribution in [2.75, 3.05) is 4.90 Å². The lowest BCUT2D eigenvalue weighted by Crippen LogP contribution is -2.33. The largest absolute Gasteiger partial charge is 0.335 e. The summed E-state index contributed by atoms with van der Waals surface area (Å²) in [5, 5.41) is 2.60. The summed E-state index contributed by atoms with van der Waals surface area (Å²) in [6, 6.07) is 52.7. The lowest BCUT2D eigenvalue weighted by Gasteiger charge is -2.37. The summed E-state index contributed by atoms with van der Waals surface area (Å²) in [6.45, 7) is 10.3. The normalized spacial score (nSPS) is 20.4. The molecule has 14 rings (SSSR count). The molecule has 6 aromatic carbocycles. The van der Waals surface area contributed by atoms with Crippen LogP contribution in [0.15, 0.2) is 228 Å². The van der Waals surface area contributed by atoms with Crippen LogP contribution in [0.2, 0.25) is 0 Å². The van der Waals surface area contributed by atoms with Gasteiger partial charge in [0.05, 0.1) is 28.2 Å². The van der Waals surface area contributed by atoms with Crippen molar-refractivity contribution in [2.45, 2.75) is 90.5 Å². The molecule has 1 aliphatic heterocycles. The van der Waals surface area contributed by atoms with Crippen molar-refractivity contribution in [1.82, 2.24) is 4.57 Å². The van der Waals surface area contributed by atoms with Gasteiger partial charge in [0, 0.05) is 40.4 Å². The molecular weight excluding hydrogens is 857 g/mol. The maximum atomic E-state index is 3.49. The zero-order valence-corrected chi connectivity index (χ0v) is 41.8. The molecule has 0 radical (unpaired) electrons. The molecule has 3 unspecified atom stereocenters. The van der Waals surface area contributed by atoms with Crippen molar-refractivity contribution in [3.05, 3.63) is 256 Å². The highest BCUT2D eigenvalue weighted by Gasteiger charge is 2.55. The highest BCUT2D eigenvalue weighted by Crippen LogP contribution is 2.66. The Morgan fingerprint density at radius 2 is 1.37 bits per heavy atom. The Kier molecular flexibility index (Phi) is 11.5. The standard InChI is InChI=1S/C65H50N2.2C2H6/c1-2-20-46(51-39-40-58-62(61(51)42-21-5-3-6-22-42)54-31-11-16-34-57(54)65(58)55-32-14-9-27-47(55)48-28-10-15-33-56(48)65)43-23-19-26-45(41-43)67-60-36-18-13-30-50(60)53-38-37-52-49-29-12-17-35-59(49)66(63(52)64(53)67)44-24-7-4-8-25-44;2*1-2/h4,7-18,20,22-25,27-38,40-41,50-51,60H,2,5,19,21,26,39H2,1H3;2*1-2H3/b46-20+;;. The third-order valence-electron chi connectivity index (χ3n) is 16.0. The number of hydrogen-bond acceptors (Lipinski definition) is 1. The molecule has 3 atom stereocenters. The van der Waals surface area contributed by atoms with E-state index in [2.05, 4.69) is 222 Å². The molecule has 1 aromatic heterocycles. The predicted molar refractivity (Wildman–Crippen MR) is 301 cm³/mol. The number of nitrogens with zero attached hydrogens (tertiary/aromatic N) is 2. The van der Waals surface area contributed by atoms with Gasteiger partial charge in [0.15, 0.2) is 0 Å². The van der Waals surface area contributed by atoms with Crippen LogP contribution in [0.3, 0.4) is 0 Å². The molecule has 71 heavy (non-hydrogen) atoms. The highest BCUT2D eigenvalue weighted by atomic mass is 15.2. The van der Waals surface area contributed by atoms with Crippen molar-refractivity contribution in [3.63, 3.8) is 0 Å². The Bertz CT molecular complexity index is 3570. The molecular formula is C69H62N2. The van der Waals surface area contributed by atoms with Gasteiger partial charge in [-0.05, 0) is 135 Å². The molecule has 0 saturated carbocycles. The average molecular weight is 919 g/mol. The Labute approximate surface area is 421 Å². The predicted octanol–water partition coefficient (Wildman–Crippen LogP) is 17.6. The van der Waals surface area contributed by atoms with E-state index in [1.165, 1.54) is 111 Å². The average Bonchev–Trinajstić information content (AvgIpc) is 4.17. The van der Waals surface area contributed by atoms with Crippen LogP contribution < -0.4 is 4.90 Å². The topological polar surface area (TPSA) is 8.17 Å². The van der Waals surface area contributed by atoms with Gasteiger partial charge in [-0.25, -0.2) is 0 Å². The maximum absolute atomic E-state index is 3.49. The molecule has 0 saturated heterocycles. The van der Waals surface area contributed by atoms with E-state index in [9.17, 15) is 0 Å². The van der Waals surface area contributed by atoms with Gasteiger partial charge in [0.2, 0.25) is 0 Å². The number of allylic oxidation sites excluding steroid dienone is 14. The fourth-order valence-corrected chi connectivity index (χ4v) is 13.5. The van der Waals surface area contributed by atoms with Gasteiger partial charge in [-0.2, -0.15) is 0 Å². The second-order valence-corrected chi connectivity index (χ2v) is 19.2. The van der Waals surface area contributed by atoms with Crippen LogP contribution in [-0.2, 0) is 5.41 Å². The minimum absolute atomic E-state index is 0.185. The first kappa shape index (κ1) is 44.6. The third kappa shape index (κ3) is 6.55. The van der Waals surface area contributed by atoms with Crippen molar-refractivity contribution in [2.24, 2.45) is 5.92 Å². The molecule has 7 aromatic rings. The van der Waals surface area contributed by atoms with E-state index in [1.54, 1.807) is 0 Å². The zero-order valence-electron chi connectivity index (χ0n) is 41.8. The third-order valence-corrected chi connectivity index (χ3v) is 16.0. The fraction of sp³-hybridized carbons (Fsp3) is 0.217. The number of rotatable bonds is 6. The van der Waals surface area contributed by atoms with E-state index < -0.39 is 0 Å². The van der Waals surface area contributed by atoms with Crippen molar-refractivity contribution in [1.29, 1.82) is 0 Å². The first-order valence-electron chi connectivity index (χ1n) is 26.5. The summed E-state index contributed by atoms with van der Waals surface area (Å²) in [7, 11) is 0. The molecule has 0 bridgehead atoms. The molecule has 2 heteroatoms. The van der Waals surface area contributed by atoms with Crippen molar-refractivity contribution >= 4 is 33.1 Å². The minimum Gasteiger partial charge on any atom is -0.335 e. The van der Waals surface area contributed by atoms with Crippen LogP contribution in [0.1, 0.15) is 107 Å². The summed E-state index contributed by atoms with van der Waals surface area (Å²) >= 11 is 0. The quantitative estimate of drug-likeness (QED) is 0.151. The number of benzene rings is 6. The molecule has 0 fully saturated rings. The number of para-hydroxylation sites is 2. The zero-order chi connectivity index (χ0) is 48.2. The molecule has 348 valence electrons. The van der Waals surface area contributed by atoms with Gasteiger partial charge in [0.1, 0.15) is 0 Å². The molecule has 6 aliphatic carbocycles. The fourth-order valence-electron chi connectivity index (χ4n) is 13.5. The number of anilines is 1. The van der Waals surface area contributed by atoms with Gasteiger partial charge in [0.25, 0.3) is 0 Å². The van der Waals surface area contributed by atoms with Crippen LogP contribution >= 0.6 is 0 Å². The van der Waals surface area contributed by atoms with E-state index >= 15 is 0 Å². The number of hydrogen-bond donors (Lipinski definition) is 0. The summed E-state index contributed by atoms with van der Waals surface area (Å²) in [4.78, 5) is 2.75. The molecule has 2 nitrogen and oxygen atoms in total. The van der Waals surface area contributed by atoms with Crippen LogP contribution in [0.5, 0.6) is 0 Å². The first-order chi connectivity index (χ1) is 35.3. The maximum Gasteiger partial charge on any atom is 0.0782 e. The van der Waals surface area contributed by atoms with Gasteiger partial charge in [-0.3, -0.25) is 0 Å². The SMILES string of the molecule is CC.CC.CC/C=C(\C1=CCCC(N2c3c(ccc4c5ccccc5n(-c5ccccc5)c34)C3C=CC=CC32)=C1)C1CC=C2C(=C1C1=CC#CCC1)c1ccccc1C21c2ccccc2-c2ccccc21. The van der Waals surface area contributed by atoms with Crippen LogP contribution in [-0.4, -0.2) is 10.6 Å². The Balaban J connectivity index is 0.00000126. The monoisotopic (exact) mass is 918 g/mol. The summed E-state index contributed by atoms with van der Waals surface area (Å²) in [6.07, 6.45) is 27.8. The van der Waals surface area contributed by atoms with Crippen LogP contribution in [0.4, 0.5) is 5.69 Å². The van der Waals surface area contributed by atoms with Gasteiger partial charge in [-0.15, -0.1) is 0 Å². The van der Waals surface area contributed by atoms with Crippen LogP contribution in [0.25, 0.3) is 44.2 Å². The van der Waals surface area contributed by atoms with Gasteiger partial charge in [-0.1, -0.05) is 210 Å². The molecule has 0 amide bonds.